The molecule has 0 aromatic heterocycles. The van der Waals surface area contributed by atoms with Gasteiger partial charge in [-0.25, -0.2) is 9.18 Å². The summed E-state index contributed by atoms with van der Waals surface area (Å²) in [4.78, 5) is 39.9. The number of aryl methyl sites for hydroxylation is 2. The van der Waals surface area contributed by atoms with E-state index in [1.807, 2.05) is 19.9 Å². The molecule has 3 amide bonds. The Hall–Kier alpha value is -3.02. The molecule has 1 fully saturated rings. The van der Waals surface area contributed by atoms with Gasteiger partial charge in [0.25, 0.3) is 5.91 Å². The maximum atomic E-state index is 13.1. The molecule has 0 spiro atoms. The van der Waals surface area contributed by atoms with Crippen LogP contribution in [0.2, 0.25) is 0 Å². The van der Waals surface area contributed by atoms with Gasteiger partial charge in [-0.3, -0.25) is 19.4 Å². The van der Waals surface area contributed by atoms with E-state index < -0.39 is 23.8 Å². The van der Waals surface area contributed by atoms with Crippen molar-refractivity contribution in [3.05, 3.63) is 65.0 Å². The number of Topliss-reactive ketones (excluding diaryl/α,β-unsaturated/α-hetero) is 1. The molecule has 1 atom stereocenters. The number of nitrogens with zero attached hydrogens (tertiary/aromatic N) is 2. The molecule has 1 unspecified atom stereocenters. The zero-order valence-electron chi connectivity index (χ0n) is 14.8. The first kappa shape index (κ1) is 17.8. The van der Waals surface area contributed by atoms with Crippen molar-refractivity contribution in [2.45, 2.75) is 26.8 Å². The number of amides is 3. The lowest BCUT2D eigenvalue weighted by molar-refractivity contribution is -0.126. The molecule has 0 aliphatic carbocycles. The highest BCUT2D eigenvalue weighted by molar-refractivity contribution is 6.16. The fraction of sp³-hybridized carbons (Fsp3) is 0.250. The maximum absolute atomic E-state index is 13.1. The highest BCUT2D eigenvalue weighted by Gasteiger charge is 2.44. The molecule has 5 nitrogen and oxygen atoms in total. The van der Waals surface area contributed by atoms with Crippen molar-refractivity contribution in [2.24, 2.45) is 0 Å². The molecule has 1 saturated heterocycles. The molecule has 0 N–H and O–H groups in total. The highest BCUT2D eigenvalue weighted by atomic mass is 19.1. The Kier molecular flexibility index (Phi) is 4.59. The summed E-state index contributed by atoms with van der Waals surface area (Å²) in [5.41, 5.74) is 2.90. The van der Waals surface area contributed by atoms with Crippen LogP contribution in [-0.2, 0) is 4.79 Å². The van der Waals surface area contributed by atoms with Crippen LogP contribution in [0.25, 0.3) is 0 Å². The predicted octanol–water partition coefficient (Wildman–Crippen LogP) is 3.48. The molecule has 2 aromatic rings. The molecule has 134 valence electrons. The fourth-order valence-corrected chi connectivity index (χ4v) is 2.96. The summed E-state index contributed by atoms with van der Waals surface area (Å²) in [5.74, 6) is -1.18. The van der Waals surface area contributed by atoms with E-state index in [1.54, 1.807) is 19.1 Å². The standard InChI is InChI=1S/C20H19FN2O3/c1-12-4-5-15(10-13(12)2)18(24)11-22-19(25)14(3)23(20(22)26)17-8-6-16(21)7-9-17/h4-10,14H,11H2,1-3H3. The Morgan fingerprint density at radius 3 is 2.31 bits per heavy atom. The third-order valence-corrected chi connectivity index (χ3v) is 4.68. The number of anilines is 1. The second kappa shape index (κ2) is 6.71. The van der Waals surface area contributed by atoms with Gasteiger partial charge >= 0.3 is 6.03 Å². The fourth-order valence-electron chi connectivity index (χ4n) is 2.96. The number of carbonyl (C=O) groups is 3. The molecule has 0 radical (unpaired) electrons. The third-order valence-electron chi connectivity index (χ3n) is 4.68. The maximum Gasteiger partial charge on any atom is 0.332 e. The Balaban J connectivity index is 1.83. The average molecular weight is 354 g/mol. The summed E-state index contributed by atoms with van der Waals surface area (Å²) in [6, 6.07) is 9.28. The smallest absolute Gasteiger partial charge is 0.292 e. The van der Waals surface area contributed by atoms with Crippen molar-refractivity contribution in [2.75, 3.05) is 11.4 Å². The Morgan fingerprint density at radius 2 is 1.69 bits per heavy atom. The monoisotopic (exact) mass is 354 g/mol. The molecule has 0 saturated carbocycles. The van der Waals surface area contributed by atoms with Crippen LogP contribution in [0.1, 0.15) is 28.4 Å². The quantitative estimate of drug-likeness (QED) is 0.624. The topological polar surface area (TPSA) is 57.7 Å². The molecule has 1 aliphatic rings. The van der Waals surface area contributed by atoms with E-state index >= 15 is 0 Å². The van der Waals surface area contributed by atoms with Gasteiger partial charge in [0.05, 0.1) is 6.54 Å². The third kappa shape index (κ3) is 3.10. The lowest BCUT2D eigenvalue weighted by atomic mass is 10.0. The van der Waals surface area contributed by atoms with Crippen LogP contribution in [0.3, 0.4) is 0 Å². The molecule has 1 heterocycles. The number of hydrogen-bond donors (Lipinski definition) is 0. The number of urea groups is 1. The van der Waals surface area contributed by atoms with Crippen LogP contribution < -0.4 is 4.90 Å². The van der Waals surface area contributed by atoms with E-state index in [9.17, 15) is 18.8 Å². The molecule has 2 aromatic carbocycles. The lowest BCUT2D eigenvalue weighted by Gasteiger charge is -2.19. The van der Waals surface area contributed by atoms with Gasteiger partial charge in [-0.1, -0.05) is 12.1 Å². The minimum Gasteiger partial charge on any atom is -0.292 e. The summed E-state index contributed by atoms with van der Waals surface area (Å²) in [6.07, 6.45) is 0. The first-order valence-corrected chi connectivity index (χ1v) is 8.30. The van der Waals surface area contributed by atoms with Crippen molar-refractivity contribution < 1.29 is 18.8 Å². The molecule has 0 bridgehead atoms. The second-order valence-electron chi connectivity index (χ2n) is 6.45. The summed E-state index contributed by atoms with van der Waals surface area (Å²) >= 11 is 0. The molecule has 6 heteroatoms. The van der Waals surface area contributed by atoms with E-state index in [1.165, 1.54) is 29.2 Å². The molecule has 1 aliphatic heterocycles. The summed E-state index contributed by atoms with van der Waals surface area (Å²) in [7, 11) is 0. The molecule has 26 heavy (non-hydrogen) atoms. The largest absolute Gasteiger partial charge is 0.332 e. The Morgan fingerprint density at radius 1 is 1.04 bits per heavy atom. The van der Waals surface area contributed by atoms with Crippen molar-refractivity contribution in [1.82, 2.24) is 4.90 Å². The normalized spacial score (nSPS) is 17.2. The molecular weight excluding hydrogens is 335 g/mol. The number of hydrogen-bond acceptors (Lipinski definition) is 3. The van der Waals surface area contributed by atoms with Gasteiger partial charge in [0, 0.05) is 11.3 Å². The first-order valence-electron chi connectivity index (χ1n) is 8.30. The summed E-state index contributed by atoms with van der Waals surface area (Å²) in [5, 5.41) is 0. The zero-order chi connectivity index (χ0) is 19.0. The van der Waals surface area contributed by atoms with E-state index in [4.69, 9.17) is 0 Å². The molecule has 3 rings (SSSR count). The van der Waals surface area contributed by atoms with Gasteiger partial charge < -0.3 is 0 Å². The molecular formula is C20H19FN2O3. The van der Waals surface area contributed by atoms with Gasteiger partial charge in [0.2, 0.25) is 0 Å². The van der Waals surface area contributed by atoms with E-state index in [0.717, 1.165) is 16.0 Å². The second-order valence-corrected chi connectivity index (χ2v) is 6.45. The van der Waals surface area contributed by atoms with Crippen LogP contribution in [0.15, 0.2) is 42.5 Å². The number of ketones is 1. The van der Waals surface area contributed by atoms with Crippen molar-refractivity contribution in [3.63, 3.8) is 0 Å². The van der Waals surface area contributed by atoms with Gasteiger partial charge in [0.15, 0.2) is 5.78 Å². The van der Waals surface area contributed by atoms with Crippen molar-refractivity contribution in [3.8, 4) is 0 Å². The number of carbonyl (C=O) groups excluding carboxylic acids is 3. The Labute approximate surface area is 151 Å². The summed E-state index contributed by atoms with van der Waals surface area (Å²) < 4.78 is 13.1. The van der Waals surface area contributed by atoms with Crippen LogP contribution in [0.4, 0.5) is 14.9 Å². The first-order chi connectivity index (χ1) is 12.3. The van der Waals surface area contributed by atoms with Crippen molar-refractivity contribution in [1.29, 1.82) is 0 Å². The van der Waals surface area contributed by atoms with Crippen LogP contribution in [-0.4, -0.2) is 35.2 Å². The predicted molar refractivity (Wildman–Crippen MR) is 95.7 cm³/mol. The van der Waals surface area contributed by atoms with Gasteiger partial charge in [0.1, 0.15) is 11.9 Å². The van der Waals surface area contributed by atoms with Crippen LogP contribution in [0.5, 0.6) is 0 Å². The van der Waals surface area contributed by atoms with Gasteiger partial charge in [-0.15, -0.1) is 0 Å². The average Bonchev–Trinajstić information content (AvgIpc) is 2.82. The van der Waals surface area contributed by atoms with E-state index in [-0.39, 0.29) is 12.3 Å². The van der Waals surface area contributed by atoms with E-state index in [2.05, 4.69) is 0 Å². The number of halogens is 1. The van der Waals surface area contributed by atoms with Crippen molar-refractivity contribution >= 4 is 23.4 Å². The minimum absolute atomic E-state index is 0.303. The zero-order valence-corrected chi connectivity index (χ0v) is 14.8. The number of imide groups is 1. The minimum atomic E-state index is -0.750. The van der Waals surface area contributed by atoms with E-state index in [0.29, 0.717) is 11.3 Å². The van der Waals surface area contributed by atoms with Gasteiger partial charge in [-0.05, 0) is 62.2 Å². The number of rotatable bonds is 4. The highest BCUT2D eigenvalue weighted by Crippen LogP contribution is 2.26. The summed E-state index contributed by atoms with van der Waals surface area (Å²) in [6.45, 7) is 5.11. The SMILES string of the molecule is Cc1ccc(C(=O)CN2C(=O)C(C)N(c3ccc(F)cc3)C2=O)cc1C. The van der Waals surface area contributed by atoms with Crippen LogP contribution in [0, 0.1) is 19.7 Å². The van der Waals surface area contributed by atoms with Gasteiger partial charge in [-0.2, -0.15) is 0 Å². The number of benzene rings is 2. The Bertz CT molecular complexity index is 892. The lowest BCUT2D eigenvalue weighted by Crippen LogP contribution is -2.37. The van der Waals surface area contributed by atoms with Crippen LogP contribution >= 0.6 is 0 Å².